The maximum Gasteiger partial charge on any atom is 0.223 e. The molecule has 1 amide bonds. The molecule has 1 aliphatic heterocycles. The third-order valence-corrected chi connectivity index (χ3v) is 2.25. The van der Waals surface area contributed by atoms with Crippen molar-refractivity contribution < 1.29 is 14.0 Å². The van der Waals surface area contributed by atoms with Gasteiger partial charge in [0.1, 0.15) is 6.67 Å². The summed E-state index contributed by atoms with van der Waals surface area (Å²) in [5, 5.41) is 2.63. The van der Waals surface area contributed by atoms with Gasteiger partial charge in [0.05, 0.1) is 6.04 Å². The van der Waals surface area contributed by atoms with Gasteiger partial charge in [-0.3, -0.25) is 9.59 Å². The molecule has 1 heterocycles. The van der Waals surface area contributed by atoms with Crippen molar-refractivity contribution in [1.82, 2.24) is 5.32 Å². The van der Waals surface area contributed by atoms with Crippen LogP contribution in [0.3, 0.4) is 0 Å². The number of amides is 1. The summed E-state index contributed by atoms with van der Waals surface area (Å²) < 4.78 is 11.9. The number of halogens is 1. The highest BCUT2D eigenvalue weighted by Gasteiger charge is 2.28. The fraction of sp³-hybridized carbons (Fsp3) is 0.750. The van der Waals surface area contributed by atoms with Crippen LogP contribution in [-0.4, -0.2) is 31.0 Å². The SMILES string of the molecule is NC(C[C@@H]1CCNC1=O)C(=O)CF. The predicted octanol–water partition coefficient (Wildman–Crippen LogP) is -0.622. The van der Waals surface area contributed by atoms with E-state index < -0.39 is 18.5 Å². The first-order valence-electron chi connectivity index (χ1n) is 4.27. The van der Waals surface area contributed by atoms with E-state index in [1.807, 2.05) is 0 Å². The van der Waals surface area contributed by atoms with Gasteiger partial charge in [-0.2, -0.15) is 0 Å². The number of rotatable bonds is 4. The molecule has 0 aromatic rings. The molecule has 1 saturated heterocycles. The van der Waals surface area contributed by atoms with E-state index in [0.717, 1.165) is 0 Å². The summed E-state index contributed by atoms with van der Waals surface area (Å²) in [6.07, 6.45) is 0.945. The Morgan fingerprint density at radius 1 is 1.77 bits per heavy atom. The lowest BCUT2D eigenvalue weighted by molar-refractivity contribution is -0.124. The van der Waals surface area contributed by atoms with Gasteiger partial charge in [0.15, 0.2) is 5.78 Å². The van der Waals surface area contributed by atoms with E-state index in [0.29, 0.717) is 13.0 Å². The van der Waals surface area contributed by atoms with Crippen LogP contribution < -0.4 is 11.1 Å². The minimum absolute atomic E-state index is 0.0814. The smallest absolute Gasteiger partial charge is 0.223 e. The van der Waals surface area contributed by atoms with Gasteiger partial charge in [0, 0.05) is 12.5 Å². The summed E-state index contributed by atoms with van der Waals surface area (Å²) in [7, 11) is 0. The molecule has 74 valence electrons. The normalized spacial score (nSPS) is 24.2. The molecule has 0 spiro atoms. The Balaban J connectivity index is 2.39. The van der Waals surface area contributed by atoms with Crippen molar-refractivity contribution in [1.29, 1.82) is 0 Å². The Labute approximate surface area is 75.7 Å². The number of carbonyl (C=O) groups excluding carboxylic acids is 2. The highest BCUT2D eigenvalue weighted by molar-refractivity contribution is 5.86. The van der Waals surface area contributed by atoms with Crippen molar-refractivity contribution in [3.05, 3.63) is 0 Å². The van der Waals surface area contributed by atoms with Gasteiger partial charge in [-0.15, -0.1) is 0 Å². The maximum atomic E-state index is 11.9. The largest absolute Gasteiger partial charge is 0.356 e. The zero-order valence-corrected chi connectivity index (χ0v) is 7.25. The molecular weight excluding hydrogens is 175 g/mol. The molecule has 0 aromatic carbocycles. The van der Waals surface area contributed by atoms with Crippen LogP contribution in [-0.2, 0) is 9.59 Å². The van der Waals surface area contributed by atoms with Crippen molar-refractivity contribution in [2.24, 2.45) is 11.7 Å². The van der Waals surface area contributed by atoms with Gasteiger partial charge in [0.2, 0.25) is 5.91 Å². The van der Waals surface area contributed by atoms with E-state index in [9.17, 15) is 14.0 Å². The number of ketones is 1. The number of hydrogen-bond donors (Lipinski definition) is 2. The van der Waals surface area contributed by atoms with Crippen LogP contribution in [0.15, 0.2) is 0 Å². The van der Waals surface area contributed by atoms with Crippen molar-refractivity contribution in [3.63, 3.8) is 0 Å². The second-order valence-electron chi connectivity index (χ2n) is 3.22. The zero-order valence-electron chi connectivity index (χ0n) is 7.25. The summed E-state index contributed by atoms with van der Waals surface area (Å²) in [6, 6.07) is -0.834. The molecule has 1 aliphatic rings. The topological polar surface area (TPSA) is 72.2 Å². The van der Waals surface area contributed by atoms with Gasteiger partial charge < -0.3 is 11.1 Å². The lowest BCUT2D eigenvalue weighted by Gasteiger charge is -2.11. The van der Waals surface area contributed by atoms with Crippen LogP contribution in [0.2, 0.25) is 0 Å². The third-order valence-electron chi connectivity index (χ3n) is 2.25. The van der Waals surface area contributed by atoms with Crippen LogP contribution in [0.5, 0.6) is 0 Å². The average Bonchev–Trinajstić information content (AvgIpc) is 2.50. The zero-order chi connectivity index (χ0) is 9.84. The number of nitrogens with two attached hydrogens (primary N) is 1. The number of nitrogens with one attached hydrogen (secondary N) is 1. The Bertz CT molecular complexity index is 220. The fourth-order valence-corrected chi connectivity index (χ4v) is 1.41. The highest BCUT2D eigenvalue weighted by Crippen LogP contribution is 2.15. The summed E-state index contributed by atoms with van der Waals surface area (Å²) >= 11 is 0. The van der Waals surface area contributed by atoms with Crippen molar-refractivity contribution >= 4 is 11.7 Å². The van der Waals surface area contributed by atoms with Gasteiger partial charge in [-0.1, -0.05) is 0 Å². The Hall–Kier alpha value is -0.970. The Kier molecular flexibility index (Phi) is 3.36. The molecule has 5 heteroatoms. The molecule has 4 nitrogen and oxygen atoms in total. The molecule has 0 aliphatic carbocycles. The molecule has 1 unspecified atom stereocenters. The molecule has 0 bridgehead atoms. The molecule has 0 saturated carbocycles. The van der Waals surface area contributed by atoms with Crippen molar-refractivity contribution in [2.75, 3.05) is 13.2 Å². The van der Waals surface area contributed by atoms with Crippen molar-refractivity contribution in [2.45, 2.75) is 18.9 Å². The molecule has 0 radical (unpaired) electrons. The first kappa shape index (κ1) is 10.1. The number of hydrogen-bond acceptors (Lipinski definition) is 3. The standard InChI is InChI=1S/C8H13FN2O2/c9-4-7(12)6(10)3-5-1-2-11-8(5)13/h5-6H,1-4,10H2,(H,11,13)/t5-,6?/m0/s1. The third kappa shape index (κ3) is 2.48. The van der Waals surface area contributed by atoms with Gasteiger partial charge in [-0.05, 0) is 12.8 Å². The van der Waals surface area contributed by atoms with E-state index in [4.69, 9.17) is 5.73 Å². The van der Waals surface area contributed by atoms with Crippen molar-refractivity contribution in [3.8, 4) is 0 Å². The van der Waals surface area contributed by atoms with E-state index in [1.165, 1.54) is 0 Å². The summed E-state index contributed by atoms with van der Waals surface area (Å²) in [4.78, 5) is 21.8. The number of carbonyl (C=O) groups is 2. The quantitative estimate of drug-likeness (QED) is 0.617. The summed E-state index contributed by atoms with van der Waals surface area (Å²) in [5.74, 6) is -0.924. The monoisotopic (exact) mass is 188 g/mol. The van der Waals surface area contributed by atoms with Crippen LogP contribution in [0.1, 0.15) is 12.8 Å². The van der Waals surface area contributed by atoms with Gasteiger partial charge in [0.25, 0.3) is 0 Å². The molecule has 1 rings (SSSR count). The lowest BCUT2D eigenvalue weighted by Crippen LogP contribution is -2.35. The lowest BCUT2D eigenvalue weighted by atomic mass is 9.97. The minimum atomic E-state index is -1.05. The molecule has 13 heavy (non-hydrogen) atoms. The molecule has 0 aromatic heterocycles. The molecule has 3 N–H and O–H groups in total. The molecular formula is C8H13FN2O2. The minimum Gasteiger partial charge on any atom is -0.356 e. The first-order valence-corrected chi connectivity index (χ1v) is 4.27. The van der Waals surface area contributed by atoms with Crippen LogP contribution in [0.25, 0.3) is 0 Å². The first-order chi connectivity index (χ1) is 6.15. The Morgan fingerprint density at radius 3 is 2.92 bits per heavy atom. The number of Topliss-reactive ketones (excluding diaryl/α,β-unsaturated/α-hetero) is 1. The second kappa shape index (κ2) is 4.32. The van der Waals surface area contributed by atoms with E-state index in [-0.39, 0.29) is 18.2 Å². The molecule has 2 atom stereocenters. The average molecular weight is 188 g/mol. The van der Waals surface area contributed by atoms with Crippen LogP contribution in [0, 0.1) is 5.92 Å². The van der Waals surface area contributed by atoms with E-state index in [2.05, 4.69) is 5.32 Å². The fourth-order valence-electron chi connectivity index (χ4n) is 1.41. The molecule has 1 fully saturated rings. The highest BCUT2D eigenvalue weighted by atomic mass is 19.1. The van der Waals surface area contributed by atoms with E-state index >= 15 is 0 Å². The summed E-state index contributed by atoms with van der Waals surface area (Å²) in [5.41, 5.74) is 5.40. The Morgan fingerprint density at radius 2 is 2.46 bits per heavy atom. The van der Waals surface area contributed by atoms with Gasteiger partial charge >= 0.3 is 0 Å². The van der Waals surface area contributed by atoms with Gasteiger partial charge in [-0.25, -0.2) is 4.39 Å². The summed E-state index contributed by atoms with van der Waals surface area (Å²) in [6.45, 7) is -0.421. The maximum absolute atomic E-state index is 11.9. The van der Waals surface area contributed by atoms with E-state index in [1.54, 1.807) is 0 Å². The number of alkyl halides is 1. The predicted molar refractivity (Wildman–Crippen MR) is 44.7 cm³/mol. The van der Waals surface area contributed by atoms with Crippen LogP contribution in [0.4, 0.5) is 4.39 Å². The second-order valence-corrected chi connectivity index (χ2v) is 3.22. The van der Waals surface area contributed by atoms with Crippen LogP contribution >= 0.6 is 0 Å².